The third-order valence-electron chi connectivity index (χ3n) is 3.48. The van der Waals surface area contributed by atoms with Crippen LogP contribution in [0.15, 0.2) is 36.7 Å². The number of alkyl halides is 3. The summed E-state index contributed by atoms with van der Waals surface area (Å²) in [7, 11) is 0. The van der Waals surface area contributed by atoms with Gasteiger partial charge in [0.25, 0.3) is 0 Å². The smallest absolute Gasteiger partial charge is 0.236 e. The highest BCUT2D eigenvalue weighted by Gasteiger charge is 2.22. The number of aromatic nitrogens is 2. The molecule has 0 N–H and O–H groups in total. The molecule has 0 aliphatic rings. The molecule has 0 saturated heterocycles. The number of nitrogens with zero attached hydrogens (tertiary/aromatic N) is 2. The first kappa shape index (κ1) is 18.1. The molecular weight excluding hydrogens is 320 g/mol. The highest BCUT2D eigenvalue weighted by atomic mass is 19.4. The maximum absolute atomic E-state index is 13.9. The third-order valence-corrected chi connectivity index (χ3v) is 3.48. The maximum Gasteiger partial charge on any atom is 0.409 e. The quantitative estimate of drug-likeness (QED) is 0.507. The number of rotatable bonds is 6. The second-order valence-corrected chi connectivity index (χ2v) is 5.48. The van der Waals surface area contributed by atoms with Gasteiger partial charge in [-0.15, -0.1) is 0 Å². The number of unbranched alkanes of at least 4 members (excludes halogenated alkanes) is 2. The van der Waals surface area contributed by atoms with Crippen LogP contribution in [0.2, 0.25) is 0 Å². The molecule has 2 nitrogen and oxygen atoms in total. The van der Waals surface area contributed by atoms with Crippen LogP contribution in [0, 0.1) is 5.82 Å². The lowest BCUT2D eigenvalue weighted by atomic mass is 10.1. The van der Waals surface area contributed by atoms with Crippen LogP contribution < -0.4 is 0 Å². The summed E-state index contributed by atoms with van der Waals surface area (Å²) < 4.78 is 50.3. The Kier molecular flexibility index (Phi) is 6.06. The lowest BCUT2D eigenvalue weighted by Crippen LogP contribution is -2.00. The highest BCUT2D eigenvalue weighted by Crippen LogP contribution is 2.22. The fourth-order valence-corrected chi connectivity index (χ4v) is 2.20. The second kappa shape index (κ2) is 8.04. The van der Waals surface area contributed by atoms with Crippen molar-refractivity contribution in [2.24, 2.45) is 0 Å². The number of hydrogen-bond acceptors (Lipinski definition) is 2. The number of halogens is 4. The monoisotopic (exact) mass is 338 g/mol. The number of aryl methyl sites for hydroxylation is 1. The minimum atomic E-state index is -4.47. The number of hydrogen-bond donors (Lipinski definition) is 0. The molecule has 1 heterocycles. The van der Waals surface area contributed by atoms with Crippen LogP contribution in [0.3, 0.4) is 0 Å². The van der Waals surface area contributed by atoms with Gasteiger partial charge in [0.05, 0.1) is 0 Å². The van der Waals surface area contributed by atoms with Crippen LogP contribution >= 0.6 is 0 Å². The van der Waals surface area contributed by atoms with Crippen LogP contribution in [0.5, 0.6) is 0 Å². The van der Waals surface area contributed by atoms with Gasteiger partial charge in [0.2, 0.25) is 0 Å². The van der Waals surface area contributed by atoms with Crippen molar-refractivity contribution < 1.29 is 17.6 Å². The Balaban J connectivity index is 2.12. The zero-order chi connectivity index (χ0) is 17.6. The summed E-state index contributed by atoms with van der Waals surface area (Å²) >= 11 is 0. The molecule has 6 heteroatoms. The summed E-state index contributed by atoms with van der Waals surface area (Å²) in [5, 5.41) is 0. The van der Waals surface area contributed by atoms with Gasteiger partial charge in [-0.1, -0.05) is 31.9 Å². The largest absolute Gasteiger partial charge is 0.409 e. The molecule has 2 aromatic rings. The lowest BCUT2D eigenvalue weighted by molar-refractivity contribution is -0.0790. The molecule has 0 fully saturated rings. The Morgan fingerprint density at radius 1 is 1.08 bits per heavy atom. The van der Waals surface area contributed by atoms with E-state index in [9.17, 15) is 17.6 Å². The molecule has 0 unspecified atom stereocenters. The van der Waals surface area contributed by atoms with E-state index in [1.807, 2.05) is 0 Å². The van der Waals surface area contributed by atoms with Crippen LogP contribution in [0.1, 0.15) is 37.3 Å². The SMILES string of the molecule is CCCCCc1cnc(-c2ccc(C=CC(F)(F)F)c(F)c2)nc1. The van der Waals surface area contributed by atoms with Crippen molar-refractivity contribution in [2.45, 2.75) is 38.8 Å². The van der Waals surface area contributed by atoms with E-state index in [0.717, 1.165) is 37.3 Å². The predicted molar refractivity (Wildman–Crippen MR) is 85.7 cm³/mol. The van der Waals surface area contributed by atoms with Crippen molar-refractivity contribution in [3.63, 3.8) is 0 Å². The van der Waals surface area contributed by atoms with Gasteiger partial charge in [-0.25, -0.2) is 14.4 Å². The summed E-state index contributed by atoms with van der Waals surface area (Å²) in [6.07, 6.45) is 3.87. The van der Waals surface area contributed by atoms with E-state index in [4.69, 9.17) is 0 Å². The lowest BCUT2D eigenvalue weighted by Gasteiger charge is -2.05. The number of allylic oxidation sites excluding steroid dienone is 1. The van der Waals surface area contributed by atoms with E-state index in [-0.39, 0.29) is 11.6 Å². The van der Waals surface area contributed by atoms with Crippen molar-refractivity contribution in [1.82, 2.24) is 9.97 Å². The van der Waals surface area contributed by atoms with Gasteiger partial charge in [-0.3, -0.25) is 0 Å². The molecule has 0 bridgehead atoms. The first-order valence-electron chi connectivity index (χ1n) is 7.76. The molecule has 0 saturated carbocycles. The molecule has 128 valence electrons. The average molecular weight is 338 g/mol. The summed E-state index contributed by atoms with van der Waals surface area (Å²) in [4.78, 5) is 8.42. The predicted octanol–water partition coefficient (Wildman–Crippen LogP) is 5.59. The van der Waals surface area contributed by atoms with E-state index in [2.05, 4.69) is 16.9 Å². The standard InChI is InChI=1S/C18H18F4N2/c1-2-3-4-5-13-11-23-17(24-12-13)15-7-6-14(16(19)10-15)8-9-18(20,21)22/h6-12H,2-5H2,1H3. The van der Waals surface area contributed by atoms with Gasteiger partial charge < -0.3 is 0 Å². The highest BCUT2D eigenvalue weighted by molar-refractivity contribution is 5.60. The first-order valence-corrected chi connectivity index (χ1v) is 7.76. The summed E-state index contributed by atoms with van der Waals surface area (Å²) in [6.45, 7) is 2.13. The van der Waals surface area contributed by atoms with Crippen molar-refractivity contribution in [3.8, 4) is 11.4 Å². The van der Waals surface area contributed by atoms with Gasteiger partial charge in [-0.2, -0.15) is 13.2 Å². The zero-order valence-electron chi connectivity index (χ0n) is 13.3. The maximum atomic E-state index is 13.9. The molecule has 0 radical (unpaired) electrons. The Labute approximate surface area is 138 Å². The van der Waals surface area contributed by atoms with Gasteiger partial charge in [-0.05, 0) is 30.5 Å². The Hall–Kier alpha value is -2.24. The minimum absolute atomic E-state index is 0.00663. The van der Waals surface area contributed by atoms with Crippen LogP contribution in [-0.4, -0.2) is 16.1 Å². The Morgan fingerprint density at radius 3 is 2.38 bits per heavy atom. The molecule has 0 aliphatic heterocycles. The van der Waals surface area contributed by atoms with Crippen molar-refractivity contribution >= 4 is 6.08 Å². The molecule has 0 amide bonds. The van der Waals surface area contributed by atoms with Crippen molar-refractivity contribution in [3.05, 3.63) is 53.6 Å². The fourth-order valence-electron chi connectivity index (χ4n) is 2.20. The second-order valence-electron chi connectivity index (χ2n) is 5.48. The van der Waals surface area contributed by atoms with Gasteiger partial charge >= 0.3 is 6.18 Å². The van der Waals surface area contributed by atoms with E-state index >= 15 is 0 Å². The summed E-state index contributed by atoms with van der Waals surface area (Å²) in [5.41, 5.74) is 1.31. The van der Waals surface area contributed by atoms with E-state index in [1.165, 1.54) is 12.1 Å². The Morgan fingerprint density at radius 2 is 1.79 bits per heavy atom. The normalized spacial score (nSPS) is 12.0. The van der Waals surface area contributed by atoms with Crippen LogP contribution in [0.25, 0.3) is 17.5 Å². The molecule has 1 aromatic heterocycles. The molecule has 24 heavy (non-hydrogen) atoms. The molecular formula is C18H18F4N2. The van der Waals surface area contributed by atoms with Gasteiger partial charge in [0.1, 0.15) is 5.82 Å². The molecule has 2 rings (SSSR count). The third kappa shape index (κ3) is 5.44. The molecule has 1 aromatic carbocycles. The average Bonchev–Trinajstić information content (AvgIpc) is 2.54. The molecule has 0 aliphatic carbocycles. The first-order chi connectivity index (χ1) is 11.4. The molecule has 0 spiro atoms. The summed E-state index contributed by atoms with van der Waals surface area (Å²) in [5.74, 6) is -0.400. The fraction of sp³-hybridized carbons (Fsp3) is 0.333. The van der Waals surface area contributed by atoms with Gasteiger partial charge in [0, 0.05) is 29.6 Å². The van der Waals surface area contributed by atoms with E-state index in [1.54, 1.807) is 12.4 Å². The zero-order valence-corrected chi connectivity index (χ0v) is 13.3. The van der Waals surface area contributed by atoms with E-state index in [0.29, 0.717) is 17.5 Å². The van der Waals surface area contributed by atoms with E-state index < -0.39 is 12.0 Å². The number of benzene rings is 1. The van der Waals surface area contributed by atoms with Crippen LogP contribution in [0.4, 0.5) is 17.6 Å². The molecule has 0 atom stereocenters. The van der Waals surface area contributed by atoms with Crippen molar-refractivity contribution in [2.75, 3.05) is 0 Å². The minimum Gasteiger partial charge on any atom is -0.236 e. The summed E-state index contributed by atoms with van der Waals surface area (Å²) in [6, 6.07) is 3.93. The topological polar surface area (TPSA) is 25.8 Å². The Bertz CT molecular complexity index is 691. The van der Waals surface area contributed by atoms with Crippen molar-refractivity contribution in [1.29, 1.82) is 0 Å². The van der Waals surface area contributed by atoms with Gasteiger partial charge in [0.15, 0.2) is 5.82 Å². The van der Waals surface area contributed by atoms with Crippen LogP contribution in [-0.2, 0) is 6.42 Å².